The highest BCUT2D eigenvalue weighted by Gasteiger charge is 2.22. The number of carbonyl (C=O) groups is 2. The molecule has 0 aromatic heterocycles. The van der Waals surface area contributed by atoms with Crippen molar-refractivity contribution < 1.29 is 14.3 Å². The third-order valence-corrected chi connectivity index (χ3v) is 3.37. The molecule has 2 aromatic rings. The van der Waals surface area contributed by atoms with Crippen molar-refractivity contribution in [3.63, 3.8) is 0 Å². The highest BCUT2D eigenvalue weighted by atomic mass is 16.5. The van der Waals surface area contributed by atoms with Gasteiger partial charge in [-0.3, -0.25) is 9.59 Å². The Bertz CT molecular complexity index is 626. The van der Waals surface area contributed by atoms with Crippen LogP contribution in [0.2, 0.25) is 0 Å². The minimum absolute atomic E-state index is 0.111. The number of benzene rings is 2. The van der Waals surface area contributed by atoms with Crippen LogP contribution in [0, 0.1) is 5.92 Å². The summed E-state index contributed by atoms with van der Waals surface area (Å²) in [5.74, 6) is -1.27. The second kappa shape index (κ2) is 6.33. The third-order valence-electron chi connectivity index (χ3n) is 3.37. The summed E-state index contributed by atoms with van der Waals surface area (Å²) >= 11 is 0. The molecule has 0 radical (unpaired) electrons. The van der Waals surface area contributed by atoms with Crippen molar-refractivity contribution >= 4 is 22.5 Å². The van der Waals surface area contributed by atoms with Crippen LogP contribution >= 0.6 is 0 Å². The number of carbonyl (C=O) groups excluding carboxylic acids is 2. The SMILES string of the molecule is CCOC(=O)[C@@H](C)C(=O)Cc1cccc2ccccc12. The molecule has 0 unspecified atom stereocenters. The summed E-state index contributed by atoms with van der Waals surface area (Å²) in [5, 5.41) is 2.15. The molecule has 0 aliphatic rings. The molecule has 0 saturated heterocycles. The van der Waals surface area contributed by atoms with E-state index in [-0.39, 0.29) is 12.2 Å². The molecule has 0 amide bonds. The van der Waals surface area contributed by atoms with Crippen LogP contribution in [0.5, 0.6) is 0 Å². The number of hydrogen-bond acceptors (Lipinski definition) is 3. The number of hydrogen-bond donors (Lipinski definition) is 0. The lowest BCUT2D eigenvalue weighted by Gasteiger charge is -2.11. The zero-order valence-corrected chi connectivity index (χ0v) is 11.8. The van der Waals surface area contributed by atoms with E-state index in [2.05, 4.69) is 0 Å². The van der Waals surface area contributed by atoms with Gasteiger partial charge in [0.1, 0.15) is 5.92 Å². The molecular formula is C17H18O3. The molecule has 0 saturated carbocycles. The molecule has 3 heteroatoms. The summed E-state index contributed by atoms with van der Waals surface area (Å²) in [6.07, 6.45) is 0.251. The maximum Gasteiger partial charge on any atom is 0.316 e. The minimum atomic E-state index is -0.714. The van der Waals surface area contributed by atoms with Crippen molar-refractivity contribution in [2.24, 2.45) is 5.92 Å². The Morgan fingerprint density at radius 1 is 1.10 bits per heavy atom. The molecule has 20 heavy (non-hydrogen) atoms. The van der Waals surface area contributed by atoms with Crippen molar-refractivity contribution in [3.8, 4) is 0 Å². The monoisotopic (exact) mass is 270 g/mol. The fourth-order valence-corrected chi connectivity index (χ4v) is 2.19. The predicted octanol–water partition coefficient (Wildman–Crippen LogP) is 3.15. The Balaban J connectivity index is 2.20. The number of fused-ring (bicyclic) bond motifs is 1. The summed E-state index contributed by atoms with van der Waals surface area (Å²) in [5.41, 5.74) is 0.948. The van der Waals surface area contributed by atoms with Crippen LogP contribution in [0.1, 0.15) is 19.4 Å². The van der Waals surface area contributed by atoms with E-state index in [9.17, 15) is 9.59 Å². The van der Waals surface area contributed by atoms with Gasteiger partial charge in [-0.25, -0.2) is 0 Å². The molecule has 0 aliphatic heterocycles. The molecule has 3 nitrogen and oxygen atoms in total. The van der Waals surface area contributed by atoms with Gasteiger partial charge in [-0.15, -0.1) is 0 Å². The molecule has 2 rings (SSSR count). The van der Waals surface area contributed by atoms with Crippen LogP contribution in [-0.2, 0) is 20.7 Å². The first kappa shape index (κ1) is 14.3. The summed E-state index contributed by atoms with van der Waals surface area (Å²) in [4.78, 5) is 23.8. The molecule has 0 aliphatic carbocycles. The molecule has 0 bridgehead atoms. The fraction of sp³-hybridized carbons (Fsp3) is 0.294. The van der Waals surface area contributed by atoms with E-state index in [0.29, 0.717) is 6.61 Å². The number of ether oxygens (including phenoxy) is 1. The van der Waals surface area contributed by atoms with Crippen LogP contribution in [0.15, 0.2) is 42.5 Å². The fourth-order valence-electron chi connectivity index (χ4n) is 2.19. The van der Waals surface area contributed by atoms with E-state index in [1.165, 1.54) is 0 Å². The van der Waals surface area contributed by atoms with Gasteiger partial charge in [0.25, 0.3) is 0 Å². The van der Waals surface area contributed by atoms with Crippen LogP contribution in [-0.4, -0.2) is 18.4 Å². The third kappa shape index (κ3) is 3.05. The Labute approximate surface area is 118 Å². The van der Waals surface area contributed by atoms with Crippen molar-refractivity contribution in [1.29, 1.82) is 0 Å². The van der Waals surface area contributed by atoms with Gasteiger partial charge >= 0.3 is 5.97 Å². The van der Waals surface area contributed by atoms with Gasteiger partial charge in [0, 0.05) is 6.42 Å². The van der Waals surface area contributed by atoms with E-state index >= 15 is 0 Å². The summed E-state index contributed by atoms with van der Waals surface area (Å²) < 4.78 is 4.89. The predicted molar refractivity (Wildman–Crippen MR) is 78.5 cm³/mol. The Morgan fingerprint density at radius 3 is 2.55 bits per heavy atom. The van der Waals surface area contributed by atoms with E-state index < -0.39 is 11.9 Å². The maximum atomic E-state index is 12.2. The van der Waals surface area contributed by atoms with Gasteiger partial charge in [-0.1, -0.05) is 42.5 Å². The molecular weight excluding hydrogens is 252 g/mol. The van der Waals surface area contributed by atoms with Crippen LogP contribution in [0.25, 0.3) is 10.8 Å². The second-order valence-corrected chi connectivity index (χ2v) is 4.76. The summed E-state index contributed by atoms with van der Waals surface area (Å²) in [6, 6.07) is 13.8. The molecule has 0 heterocycles. The lowest BCUT2D eigenvalue weighted by Crippen LogP contribution is -2.24. The normalized spacial score (nSPS) is 12.1. The van der Waals surface area contributed by atoms with Gasteiger partial charge in [-0.05, 0) is 30.2 Å². The van der Waals surface area contributed by atoms with E-state index in [4.69, 9.17) is 4.74 Å². The van der Waals surface area contributed by atoms with Gasteiger partial charge in [0.2, 0.25) is 0 Å². The Kier molecular flexibility index (Phi) is 4.51. The standard InChI is InChI=1S/C17H18O3/c1-3-20-17(19)12(2)16(18)11-14-9-6-8-13-7-4-5-10-15(13)14/h4-10,12H,3,11H2,1-2H3/t12-/m0/s1. The lowest BCUT2D eigenvalue weighted by atomic mass is 9.95. The molecule has 104 valence electrons. The smallest absolute Gasteiger partial charge is 0.316 e. The van der Waals surface area contributed by atoms with Gasteiger partial charge < -0.3 is 4.74 Å². The maximum absolute atomic E-state index is 12.2. The summed E-state index contributed by atoms with van der Waals surface area (Å²) in [6.45, 7) is 3.63. The molecule has 2 aromatic carbocycles. The molecule has 0 spiro atoms. The number of Topliss-reactive ketones (excluding diaryl/α,β-unsaturated/α-hetero) is 1. The van der Waals surface area contributed by atoms with Crippen LogP contribution in [0.3, 0.4) is 0 Å². The average Bonchev–Trinajstić information content (AvgIpc) is 2.47. The zero-order valence-electron chi connectivity index (χ0n) is 11.8. The van der Waals surface area contributed by atoms with Crippen molar-refractivity contribution in [2.75, 3.05) is 6.61 Å². The van der Waals surface area contributed by atoms with E-state index in [1.54, 1.807) is 13.8 Å². The second-order valence-electron chi connectivity index (χ2n) is 4.76. The van der Waals surface area contributed by atoms with Gasteiger partial charge in [0.15, 0.2) is 5.78 Å². The number of ketones is 1. The zero-order chi connectivity index (χ0) is 14.5. The Morgan fingerprint density at radius 2 is 1.80 bits per heavy atom. The minimum Gasteiger partial charge on any atom is -0.465 e. The molecule has 0 fully saturated rings. The van der Waals surface area contributed by atoms with Gasteiger partial charge in [-0.2, -0.15) is 0 Å². The number of esters is 1. The van der Waals surface area contributed by atoms with Crippen LogP contribution < -0.4 is 0 Å². The first-order chi connectivity index (χ1) is 9.63. The first-order valence-corrected chi connectivity index (χ1v) is 6.79. The highest BCUT2D eigenvalue weighted by Crippen LogP contribution is 2.20. The topological polar surface area (TPSA) is 43.4 Å². The Hall–Kier alpha value is -2.16. The van der Waals surface area contributed by atoms with Crippen molar-refractivity contribution in [3.05, 3.63) is 48.0 Å². The average molecular weight is 270 g/mol. The summed E-state index contributed by atoms with van der Waals surface area (Å²) in [7, 11) is 0. The molecule has 0 N–H and O–H groups in total. The number of rotatable bonds is 5. The van der Waals surface area contributed by atoms with Gasteiger partial charge in [0.05, 0.1) is 6.61 Å². The van der Waals surface area contributed by atoms with E-state index in [0.717, 1.165) is 16.3 Å². The quantitative estimate of drug-likeness (QED) is 0.619. The van der Waals surface area contributed by atoms with Crippen molar-refractivity contribution in [2.45, 2.75) is 20.3 Å². The highest BCUT2D eigenvalue weighted by molar-refractivity contribution is 6.01. The van der Waals surface area contributed by atoms with Crippen LogP contribution in [0.4, 0.5) is 0 Å². The first-order valence-electron chi connectivity index (χ1n) is 6.79. The molecule has 1 atom stereocenters. The van der Waals surface area contributed by atoms with Crippen molar-refractivity contribution in [1.82, 2.24) is 0 Å². The lowest BCUT2D eigenvalue weighted by molar-refractivity contribution is -0.150. The largest absolute Gasteiger partial charge is 0.465 e. The van der Waals surface area contributed by atoms with E-state index in [1.807, 2.05) is 42.5 Å².